The van der Waals surface area contributed by atoms with E-state index < -0.39 is 40.0 Å². The van der Waals surface area contributed by atoms with E-state index in [4.69, 9.17) is 0 Å². The minimum absolute atomic E-state index is 0.285. The number of rotatable bonds is 30. The van der Waals surface area contributed by atoms with Crippen molar-refractivity contribution in [1.82, 2.24) is 5.32 Å². The average Bonchev–Trinajstić information content (AvgIpc) is 2.92. The van der Waals surface area contributed by atoms with Crippen LogP contribution in [0.1, 0.15) is 168 Å². The molecule has 41 heavy (non-hydrogen) atoms. The number of carbonyl (C=O) groups is 1. The van der Waals surface area contributed by atoms with Gasteiger partial charge in [-0.05, 0) is 19.3 Å². The summed E-state index contributed by atoms with van der Waals surface area (Å²) in [6, 6.07) is -1.22. The standard InChI is InChI=1S/C33H65NO6S/c1-3-5-7-9-11-13-15-16-17-18-20-22-24-26-28-32(36)33(37)34-30(29-41(38,39)40)31(35)27-25-23-21-19-14-12-10-8-6-4-2/h25,27,30-32,35-36H,3-24,26,28-29H2,1-2H3,(H,34,37)(H,38,39,40)/b27-25+. The first kappa shape index (κ1) is 40.0. The number of aliphatic hydroxyl groups excluding tert-OH is 2. The summed E-state index contributed by atoms with van der Waals surface area (Å²) < 4.78 is 32.2. The minimum atomic E-state index is -4.42. The maximum absolute atomic E-state index is 12.5. The fourth-order valence-corrected chi connectivity index (χ4v) is 5.89. The van der Waals surface area contributed by atoms with Crippen LogP contribution in [0.3, 0.4) is 0 Å². The number of allylic oxidation sites excluding steroid dienone is 1. The Bertz CT molecular complexity index is 727. The van der Waals surface area contributed by atoms with Gasteiger partial charge >= 0.3 is 0 Å². The molecule has 0 bridgehead atoms. The van der Waals surface area contributed by atoms with E-state index in [-0.39, 0.29) is 6.42 Å². The molecular weight excluding hydrogens is 538 g/mol. The van der Waals surface area contributed by atoms with E-state index in [9.17, 15) is 28.0 Å². The lowest BCUT2D eigenvalue weighted by Crippen LogP contribution is -2.50. The van der Waals surface area contributed by atoms with Crippen molar-refractivity contribution in [2.45, 2.75) is 186 Å². The largest absolute Gasteiger partial charge is 0.387 e. The summed E-state index contributed by atoms with van der Waals surface area (Å²) in [5.74, 6) is -1.53. The Kier molecular flexibility index (Phi) is 27.2. The zero-order valence-electron chi connectivity index (χ0n) is 26.5. The third-order valence-corrected chi connectivity index (χ3v) is 8.60. The average molecular weight is 604 g/mol. The van der Waals surface area contributed by atoms with E-state index in [1.807, 2.05) is 0 Å². The van der Waals surface area contributed by atoms with Crippen LogP contribution in [0.4, 0.5) is 0 Å². The topological polar surface area (TPSA) is 124 Å². The van der Waals surface area contributed by atoms with Gasteiger partial charge in [-0.25, -0.2) is 0 Å². The van der Waals surface area contributed by atoms with Crippen molar-refractivity contribution in [3.63, 3.8) is 0 Å². The van der Waals surface area contributed by atoms with E-state index in [0.717, 1.165) is 38.5 Å². The Morgan fingerprint density at radius 1 is 0.659 bits per heavy atom. The number of hydrogen-bond acceptors (Lipinski definition) is 5. The van der Waals surface area contributed by atoms with Crippen LogP contribution in [0.15, 0.2) is 12.2 Å². The third kappa shape index (κ3) is 27.6. The molecule has 0 radical (unpaired) electrons. The van der Waals surface area contributed by atoms with Crippen LogP contribution < -0.4 is 5.32 Å². The van der Waals surface area contributed by atoms with Crippen molar-refractivity contribution in [3.8, 4) is 0 Å². The fourth-order valence-electron chi connectivity index (χ4n) is 5.16. The van der Waals surface area contributed by atoms with Crippen molar-refractivity contribution in [3.05, 3.63) is 12.2 Å². The minimum Gasteiger partial charge on any atom is -0.387 e. The Morgan fingerprint density at radius 3 is 1.46 bits per heavy atom. The molecule has 0 spiro atoms. The van der Waals surface area contributed by atoms with Crippen LogP contribution in [0, 0.1) is 0 Å². The van der Waals surface area contributed by atoms with Crippen LogP contribution in [-0.2, 0) is 14.9 Å². The molecular formula is C33H65NO6S. The molecule has 0 rings (SSSR count). The van der Waals surface area contributed by atoms with Crippen LogP contribution in [0.25, 0.3) is 0 Å². The van der Waals surface area contributed by atoms with Crippen LogP contribution in [0.2, 0.25) is 0 Å². The Balaban J connectivity index is 4.13. The number of amides is 1. The number of carbonyl (C=O) groups excluding carboxylic acids is 1. The second kappa shape index (κ2) is 27.8. The molecule has 4 N–H and O–H groups in total. The normalized spacial score (nSPS) is 14.4. The maximum atomic E-state index is 12.5. The zero-order chi connectivity index (χ0) is 30.6. The molecule has 0 aliphatic carbocycles. The van der Waals surface area contributed by atoms with Gasteiger partial charge in [0.05, 0.1) is 17.9 Å². The van der Waals surface area contributed by atoms with Gasteiger partial charge in [0, 0.05) is 0 Å². The summed E-state index contributed by atoms with van der Waals surface area (Å²) in [4.78, 5) is 12.5. The Hall–Kier alpha value is -0.960. The van der Waals surface area contributed by atoms with Gasteiger partial charge in [0.25, 0.3) is 10.1 Å². The Morgan fingerprint density at radius 2 is 1.05 bits per heavy atom. The molecule has 0 saturated heterocycles. The van der Waals surface area contributed by atoms with E-state index in [1.54, 1.807) is 6.08 Å². The highest BCUT2D eigenvalue weighted by atomic mass is 32.2. The van der Waals surface area contributed by atoms with E-state index in [1.165, 1.54) is 109 Å². The van der Waals surface area contributed by atoms with Gasteiger partial charge in [-0.2, -0.15) is 8.42 Å². The highest BCUT2D eigenvalue weighted by Gasteiger charge is 2.27. The summed E-state index contributed by atoms with van der Waals surface area (Å²) in [7, 11) is -4.42. The smallest absolute Gasteiger partial charge is 0.267 e. The van der Waals surface area contributed by atoms with E-state index >= 15 is 0 Å². The molecule has 0 aromatic heterocycles. The number of aliphatic hydroxyl groups is 2. The maximum Gasteiger partial charge on any atom is 0.267 e. The van der Waals surface area contributed by atoms with Crippen LogP contribution in [-0.4, -0.2) is 53.1 Å². The predicted molar refractivity (Wildman–Crippen MR) is 172 cm³/mol. The Labute approximate surface area is 253 Å². The third-order valence-electron chi connectivity index (χ3n) is 7.82. The van der Waals surface area contributed by atoms with Crippen LogP contribution in [0.5, 0.6) is 0 Å². The molecule has 0 fully saturated rings. The van der Waals surface area contributed by atoms with Gasteiger partial charge in [-0.3, -0.25) is 9.35 Å². The molecule has 0 saturated carbocycles. The van der Waals surface area contributed by atoms with Gasteiger partial charge in [-0.1, -0.05) is 161 Å². The lowest BCUT2D eigenvalue weighted by atomic mass is 10.0. The summed E-state index contributed by atoms with van der Waals surface area (Å²) in [5, 5.41) is 23.2. The molecule has 0 aliphatic rings. The molecule has 1 amide bonds. The van der Waals surface area contributed by atoms with Gasteiger partial charge in [0.2, 0.25) is 5.91 Å². The molecule has 0 aromatic rings. The number of hydrogen-bond donors (Lipinski definition) is 4. The lowest BCUT2D eigenvalue weighted by molar-refractivity contribution is -0.130. The quantitative estimate of drug-likeness (QED) is 0.0374. The predicted octanol–water partition coefficient (Wildman–Crippen LogP) is 8.04. The van der Waals surface area contributed by atoms with Gasteiger partial charge in [0.15, 0.2) is 0 Å². The second-order valence-electron chi connectivity index (χ2n) is 11.9. The van der Waals surface area contributed by atoms with Crippen molar-refractivity contribution < 1.29 is 28.0 Å². The number of unbranched alkanes of at least 4 members (excludes halogenated alkanes) is 21. The molecule has 0 aromatic carbocycles. The molecule has 0 aliphatic heterocycles. The summed E-state index contributed by atoms with van der Waals surface area (Å²) in [6.45, 7) is 4.45. The first-order valence-corrected chi connectivity index (χ1v) is 18.6. The lowest BCUT2D eigenvalue weighted by Gasteiger charge is -2.22. The van der Waals surface area contributed by atoms with Crippen molar-refractivity contribution >= 4 is 16.0 Å². The molecule has 3 atom stereocenters. The number of nitrogens with one attached hydrogen (secondary N) is 1. The molecule has 244 valence electrons. The highest BCUT2D eigenvalue weighted by Crippen LogP contribution is 2.14. The van der Waals surface area contributed by atoms with Crippen molar-refractivity contribution in [1.29, 1.82) is 0 Å². The second-order valence-corrected chi connectivity index (χ2v) is 13.4. The van der Waals surface area contributed by atoms with Gasteiger partial charge < -0.3 is 15.5 Å². The zero-order valence-corrected chi connectivity index (χ0v) is 27.4. The van der Waals surface area contributed by atoms with Crippen molar-refractivity contribution in [2.24, 2.45) is 0 Å². The SMILES string of the molecule is CCCCCCCCCC/C=C/C(O)C(CS(=O)(=O)O)NC(=O)C(O)CCCCCCCCCCCCCCCC. The highest BCUT2D eigenvalue weighted by molar-refractivity contribution is 7.85. The molecule has 0 heterocycles. The van der Waals surface area contributed by atoms with Gasteiger partial charge in [-0.15, -0.1) is 0 Å². The molecule has 3 unspecified atom stereocenters. The first-order chi connectivity index (χ1) is 19.7. The summed E-state index contributed by atoms with van der Waals surface area (Å²) >= 11 is 0. The first-order valence-electron chi connectivity index (χ1n) is 17.0. The van der Waals surface area contributed by atoms with Crippen LogP contribution >= 0.6 is 0 Å². The monoisotopic (exact) mass is 603 g/mol. The fraction of sp³-hybridized carbons (Fsp3) is 0.909. The summed E-state index contributed by atoms with van der Waals surface area (Å²) in [5.41, 5.74) is 0. The molecule has 7 nitrogen and oxygen atoms in total. The van der Waals surface area contributed by atoms with E-state index in [0.29, 0.717) is 6.42 Å². The van der Waals surface area contributed by atoms with Crippen molar-refractivity contribution in [2.75, 3.05) is 5.75 Å². The summed E-state index contributed by atoms with van der Waals surface area (Å²) in [6.07, 6.45) is 28.4. The molecule has 8 heteroatoms. The van der Waals surface area contributed by atoms with Gasteiger partial charge in [0.1, 0.15) is 6.10 Å². The van der Waals surface area contributed by atoms with E-state index in [2.05, 4.69) is 19.2 Å².